The Labute approximate surface area is 116 Å². The molecule has 8 heteroatoms. The summed E-state index contributed by atoms with van der Waals surface area (Å²) < 4.78 is 0.612. The summed E-state index contributed by atoms with van der Waals surface area (Å²) >= 11 is 3.13. The number of carbonyl (C=O) groups is 3. The van der Waals surface area contributed by atoms with Crippen molar-refractivity contribution in [2.75, 3.05) is 13.1 Å². The van der Waals surface area contributed by atoms with Crippen LogP contribution in [-0.2, 0) is 9.59 Å². The van der Waals surface area contributed by atoms with Crippen LogP contribution < -0.4 is 10.6 Å². The maximum absolute atomic E-state index is 11.6. The van der Waals surface area contributed by atoms with E-state index in [-0.39, 0.29) is 17.9 Å². The molecule has 0 bridgehead atoms. The number of aromatic hydroxyl groups is 1. The van der Waals surface area contributed by atoms with Gasteiger partial charge in [-0.05, 0) is 18.2 Å². The second-order valence-corrected chi connectivity index (χ2v) is 4.43. The smallest absolute Gasteiger partial charge is 0.322 e. The Morgan fingerprint density at radius 2 is 1.84 bits per heavy atom. The monoisotopic (exact) mass is 330 g/mol. The van der Waals surface area contributed by atoms with E-state index in [1.807, 2.05) is 0 Å². The van der Waals surface area contributed by atoms with Gasteiger partial charge in [0.25, 0.3) is 5.91 Å². The SMILES string of the molecule is O=C(O)CNC(=O)CNC(=O)c1ccc(Br)cc1O. The number of phenols is 1. The van der Waals surface area contributed by atoms with Gasteiger partial charge in [-0.1, -0.05) is 15.9 Å². The van der Waals surface area contributed by atoms with E-state index in [2.05, 4.69) is 26.6 Å². The molecule has 0 radical (unpaired) electrons. The van der Waals surface area contributed by atoms with Crippen molar-refractivity contribution in [3.63, 3.8) is 0 Å². The van der Waals surface area contributed by atoms with Crippen LogP contribution in [0.25, 0.3) is 0 Å². The Hall–Kier alpha value is -2.09. The van der Waals surface area contributed by atoms with Gasteiger partial charge in [0.05, 0.1) is 12.1 Å². The fraction of sp³-hybridized carbons (Fsp3) is 0.182. The molecule has 0 aliphatic heterocycles. The Morgan fingerprint density at radius 1 is 1.16 bits per heavy atom. The maximum Gasteiger partial charge on any atom is 0.322 e. The number of carbonyl (C=O) groups excluding carboxylic acids is 2. The molecule has 0 unspecified atom stereocenters. The van der Waals surface area contributed by atoms with E-state index in [0.29, 0.717) is 4.47 Å². The number of carboxylic acid groups (broad SMARTS) is 1. The average molecular weight is 331 g/mol. The van der Waals surface area contributed by atoms with Crippen molar-refractivity contribution in [1.29, 1.82) is 0 Å². The van der Waals surface area contributed by atoms with Crippen molar-refractivity contribution in [1.82, 2.24) is 10.6 Å². The number of nitrogens with one attached hydrogen (secondary N) is 2. The first-order valence-corrected chi connectivity index (χ1v) is 5.94. The number of halogens is 1. The second kappa shape index (κ2) is 6.74. The highest BCUT2D eigenvalue weighted by molar-refractivity contribution is 9.10. The van der Waals surface area contributed by atoms with Crippen LogP contribution in [-0.4, -0.2) is 41.1 Å². The molecule has 0 aliphatic rings. The minimum absolute atomic E-state index is 0.0224. The zero-order chi connectivity index (χ0) is 14.4. The molecule has 0 spiro atoms. The maximum atomic E-state index is 11.6. The Morgan fingerprint density at radius 3 is 2.42 bits per heavy atom. The Balaban J connectivity index is 2.51. The van der Waals surface area contributed by atoms with E-state index in [1.54, 1.807) is 6.07 Å². The van der Waals surface area contributed by atoms with Crippen LogP contribution in [0, 0.1) is 0 Å². The predicted octanol–water partition coefficient (Wildman–Crippen LogP) is 0.0853. The number of hydrogen-bond acceptors (Lipinski definition) is 4. The summed E-state index contributed by atoms with van der Waals surface area (Å²) in [6.07, 6.45) is 0. The van der Waals surface area contributed by atoms with Crippen molar-refractivity contribution in [2.45, 2.75) is 0 Å². The van der Waals surface area contributed by atoms with Gasteiger partial charge in [-0.3, -0.25) is 14.4 Å². The van der Waals surface area contributed by atoms with E-state index in [0.717, 1.165) is 0 Å². The Kier molecular flexibility index (Phi) is 5.31. The highest BCUT2D eigenvalue weighted by atomic mass is 79.9. The molecule has 0 aliphatic carbocycles. The molecule has 0 saturated heterocycles. The van der Waals surface area contributed by atoms with E-state index < -0.39 is 24.3 Å². The number of hydrogen-bond donors (Lipinski definition) is 4. The first-order chi connectivity index (χ1) is 8.90. The van der Waals surface area contributed by atoms with Crippen LogP contribution in [0.4, 0.5) is 0 Å². The van der Waals surface area contributed by atoms with Crippen molar-refractivity contribution in [2.24, 2.45) is 0 Å². The van der Waals surface area contributed by atoms with Crippen molar-refractivity contribution >= 4 is 33.7 Å². The van der Waals surface area contributed by atoms with Gasteiger partial charge < -0.3 is 20.8 Å². The summed E-state index contributed by atoms with van der Waals surface area (Å²) in [4.78, 5) is 33.0. The van der Waals surface area contributed by atoms with E-state index in [4.69, 9.17) is 5.11 Å². The summed E-state index contributed by atoms with van der Waals surface area (Å²) in [7, 11) is 0. The van der Waals surface area contributed by atoms with Crippen LogP contribution >= 0.6 is 15.9 Å². The Bertz CT molecular complexity index is 518. The number of amides is 2. The van der Waals surface area contributed by atoms with E-state index in [1.165, 1.54) is 12.1 Å². The summed E-state index contributed by atoms with van der Waals surface area (Å²) in [5.74, 6) is -2.66. The van der Waals surface area contributed by atoms with Gasteiger partial charge in [-0.25, -0.2) is 0 Å². The normalized spacial score (nSPS) is 9.74. The van der Waals surface area contributed by atoms with Gasteiger partial charge in [0.15, 0.2) is 0 Å². The predicted molar refractivity (Wildman–Crippen MR) is 68.8 cm³/mol. The molecular weight excluding hydrogens is 320 g/mol. The molecule has 0 heterocycles. The lowest BCUT2D eigenvalue weighted by molar-refractivity contribution is -0.137. The number of phenolic OH excluding ortho intramolecular Hbond substituents is 1. The molecular formula is C11H11BrN2O5. The van der Waals surface area contributed by atoms with Crippen molar-refractivity contribution < 1.29 is 24.6 Å². The third-order valence-electron chi connectivity index (χ3n) is 2.05. The lowest BCUT2D eigenvalue weighted by Gasteiger charge is -2.07. The molecule has 1 rings (SSSR count). The first kappa shape index (κ1) is 15.0. The minimum Gasteiger partial charge on any atom is -0.507 e. The third-order valence-corrected chi connectivity index (χ3v) is 2.54. The molecule has 7 nitrogen and oxygen atoms in total. The van der Waals surface area contributed by atoms with Crippen LogP contribution in [0.5, 0.6) is 5.75 Å². The standard InChI is InChI=1S/C11H11BrN2O5/c12-6-1-2-7(8(15)3-6)11(19)14-4-9(16)13-5-10(17)18/h1-3,15H,4-5H2,(H,13,16)(H,14,19)(H,17,18). The number of aliphatic carboxylic acids is 1. The highest BCUT2D eigenvalue weighted by Gasteiger charge is 2.12. The van der Waals surface area contributed by atoms with Gasteiger partial charge in [0.2, 0.25) is 5.91 Å². The fourth-order valence-corrected chi connectivity index (χ4v) is 1.54. The second-order valence-electron chi connectivity index (χ2n) is 3.51. The summed E-state index contributed by atoms with van der Waals surface area (Å²) in [6, 6.07) is 4.31. The molecule has 19 heavy (non-hydrogen) atoms. The topological polar surface area (TPSA) is 116 Å². The third kappa shape index (κ3) is 4.96. The van der Waals surface area contributed by atoms with Crippen LogP contribution in [0.1, 0.15) is 10.4 Å². The molecule has 1 aromatic rings. The minimum atomic E-state index is -1.18. The number of rotatable bonds is 5. The van der Waals surface area contributed by atoms with E-state index in [9.17, 15) is 19.5 Å². The number of carboxylic acids is 1. The molecule has 102 valence electrons. The molecule has 4 N–H and O–H groups in total. The largest absolute Gasteiger partial charge is 0.507 e. The van der Waals surface area contributed by atoms with Gasteiger partial charge >= 0.3 is 5.97 Å². The molecule has 2 amide bonds. The van der Waals surface area contributed by atoms with Crippen LogP contribution in [0.15, 0.2) is 22.7 Å². The quantitative estimate of drug-likeness (QED) is 0.610. The van der Waals surface area contributed by atoms with Gasteiger partial charge in [-0.2, -0.15) is 0 Å². The zero-order valence-electron chi connectivity index (χ0n) is 9.64. The average Bonchev–Trinajstić information content (AvgIpc) is 2.33. The first-order valence-electron chi connectivity index (χ1n) is 5.15. The summed E-state index contributed by atoms with van der Waals surface area (Å²) in [5, 5.41) is 22.2. The molecule has 0 aromatic heterocycles. The molecule has 0 atom stereocenters. The van der Waals surface area contributed by atoms with E-state index >= 15 is 0 Å². The van der Waals surface area contributed by atoms with Crippen LogP contribution in [0.3, 0.4) is 0 Å². The zero-order valence-corrected chi connectivity index (χ0v) is 11.2. The van der Waals surface area contributed by atoms with Crippen LogP contribution in [0.2, 0.25) is 0 Å². The van der Waals surface area contributed by atoms with Crippen molar-refractivity contribution in [3.8, 4) is 5.75 Å². The number of benzene rings is 1. The summed E-state index contributed by atoms with van der Waals surface area (Å²) in [6.45, 7) is -0.889. The van der Waals surface area contributed by atoms with Gasteiger partial charge in [0.1, 0.15) is 12.3 Å². The highest BCUT2D eigenvalue weighted by Crippen LogP contribution is 2.21. The fourth-order valence-electron chi connectivity index (χ4n) is 1.19. The lowest BCUT2D eigenvalue weighted by atomic mass is 10.2. The lowest BCUT2D eigenvalue weighted by Crippen LogP contribution is -2.39. The van der Waals surface area contributed by atoms with Gasteiger partial charge in [0, 0.05) is 4.47 Å². The van der Waals surface area contributed by atoms with Gasteiger partial charge in [-0.15, -0.1) is 0 Å². The van der Waals surface area contributed by atoms with Crippen molar-refractivity contribution in [3.05, 3.63) is 28.2 Å². The molecule has 0 saturated carbocycles. The molecule has 0 fully saturated rings. The molecule has 1 aromatic carbocycles. The summed E-state index contributed by atoms with van der Waals surface area (Å²) in [5.41, 5.74) is 0.0224.